The number of ether oxygens (including phenoxy) is 1. The highest BCUT2D eigenvalue weighted by molar-refractivity contribution is 6.04. The van der Waals surface area contributed by atoms with Crippen LogP contribution >= 0.6 is 0 Å². The summed E-state index contributed by atoms with van der Waals surface area (Å²) in [6.45, 7) is 4.81. The molecule has 2 unspecified atom stereocenters. The normalized spacial score (nSPS) is 24.9. The predicted molar refractivity (Wildman–Crippen MR) is 179 cm³/mol. The summed E-state index contributed by atoms with van der Waals surface area (Å²) in [5.41, 5.74) is -0.326. The number of fused-ring (bicyclic) bond motifs is 5. The van der Waals surface area contributed by atoms with Gasteiger partial charge in [0.2, 0.25) is 0 Å². The van der Waals surface area contributed by atoms with Crippen molar-refractivity contribution in [2.24, 2.45) is 11.8 Å². The molecule has 3 aliphatic heterocycles. The molecular formula is C38H36F3N5O2. The molecule has 4 fully saturated rings. The Labute approximate surface area is 277 Å². The quantitative estimate of drug-likeness (QED) is 0.239. The number of phenols is 1. The third-order valence-electron chi connectivity index (χ3n) is 10.7. The van der Waals surface area contributed by atoms with E-state index in [9.17, 15) is 9.50 Å². The minimum atomic E-state index is -0.925. The second-order valence-corrected chi connectivity index (χ2v) is 13.8. The maximum Gasteiger partial charge on any atom is 0.319 e. The summed E-state index contributed by atoms with van der Waals surface area (Å²) in [6.07, 6.45) is 10.9. The Kier molecular flexibility index (Phi) is 7.60. The van der Waals surface area contributed by atoms with E-state index in [-0.39, 0.29) is 51.8 Å². The van der Waals surface area contributed by atoms with Gasteiger partial charge in [-0.25, -0.2) is 18.2 Å². The molecule has 2 aromatic heterocycles. The van der Waals surface area contributed by atoms with Gasteiger partial charge in [-0.1, -0.05) is 24.8 Å². The van der Waals surface area contributed by atoms with Gasteiger partial charge < -0.3 is 14.7 Å². The first-order chi connectivity index (χ1) is 23.3. The second-order valence-electron chi connectivity index (χ2n) is 13.8. The Morgan fingerprint density at radius 1 is 1.08 bits per heavy atom. The monoisotopic (exact) mass is 651 g/mol. The molecule has 48 heavy (non-hydrogen) atoms. The van der Waals surface area contributed by atoms with E-state index in [1.165, 1.54) is 24.3 Å². The molecule has 7 nitrogen and oxygen atoms in total. The minimum absolute atomic E-state index is 0.000490. The number of phenolic OH excluding ortho intramolecular Hbond substituents is 1. The SMILES string of the molecule is C#Cc1c(F)ccc2cc(O)cc(-c3nc(C#CCC)c4c(N5CC6CCC(C6)C5)nc(OC[C@@]56CCCN5C[C@H](F)C6)nc4c3F)c12. The highest BCUT2D eigenvalue weighted by Gasteiger charge is 2.49. The zero-order chi connectivity index (χ0) is 33.2. The molecule has 4 atom stereocenters. The van der Waals surface area contributed by atoms with Crippen molar-refractivity contribution in [2.75, 3.05) is 37.7 Å². The highest BCUT2D eigenvalue weighted by atomic mass is 19.1. The lowest BCUT2D eigenvalue weighted by Crippen LogP contribution is -2.43. The van der Waals surface area contributed by atoms with Crippen molar-refractivity contribution in [3.05, 3.63) is 47.2 Å². The van der Waals surface area contributed by atoms with Crippen LogP contribution < -0.4 is 9.64 Å². The molecule has 1 N–H and O–H groups in total. The molecule has 0 spiro atoms. The van der Waals surface area contributed by atoms with Crippen molar-refractivity contribution in [2.45, 2.75) is 63.6 Å². The number of piperidine rings is 1. The maximum absolute atomic E-state index is 17.2. The Hall–Kier alpha value is -4.54. The van der Waals surface area contributed by atoms with Crippen LogP contribution in [0.5, 0.6) is 11.8 Å². The summed E-state index contributed by atoms with van der Waals surface area (Å²) in [5.74, 6) is 8.52. The molecule has 246 valence electrons. The molecule has 1 aliphatic carbocycles. The number of hydrogen-bond acceptors (Lipinski definition) is 7. The van der Waals surface area contributed by atoms with Crippen molar-refractivity contribution in [1.29, 1.82) is 0 Å². The fourth-order valence-corrected chi connectivity index (χ4v) is 8.65. The fraction of sp³-hybridized carbons (Fsp3) is 0.447. The van der Waals surface area contributed by atoms with Gasteiger partial charge in [-0.15, -0.1) is 6.42 Å². The molecule has 3 saturated heterocycles. The van der Waals surface area contributed by atoms with Crippen molar-refractivity contribution < 1.29 is 23.0 Å². The van der Waals surface area contributed by atoms with Crippen LogP contribution in [-0.4, -0.2) is 69.5 Å². The first-order valence-electron chi connectivity index (χ1n) is 16.9. The van der Waals surface area contributed by atoms with Gasteiger partial charge in [-0.2, -0.15) is 9.97 Å². The van der Waals surface area contributed by atoms with Crippen LogP contribution in [0.1, 0.15) is 63.1 Å². The van der Waals surface area contributed by atoms with Gasteiger partial charge in [0.25, 0.3) is 0 Å². The summed E-state index contributed by atoms with van der Waals surface area (Å²) in [4.78, 5) is 18.7. The zero-order valence-electron chi connectivity index (χ0n) is 26.8. The molecule has 8 rings (SSSR count). The third kappa shape index (κ3) is 5.09. The molecule has 5 heterocycles. The first kappa shape index (κ1) is 30.8. The number of rotatable bonds is 5. The van der Waals surface area contributed by atoms with E-state index in [4.69, 9.17) is 21.1 Å². The van der Waals surface area contributed by atoms with Gasteiger partial charge in [0, 0.05) is 43.4 Å². The molecule has 2 aromatic carbocycles. The molecule has 1 saturated carbocycles. The number of anilines is 1. The van der Waals surface area contributed by atoms with Crippen molar-refractivity contribution >= 4 is 27.5 Å². The molecule has 4 aromatic rings. The Bertz CT molecular complexity index is 2060. The van der Waals surface area contributed by atoms with Crippen LogP contribution in [0.3, 0.4) is 0 Å². The van der Waals surface area contributed by atoms with E-state index in [1.54, 1.807) is 0 Å². The maximum atomic E-state index is 17.2. The van der Waals surface area contributed by atoms with Crippen LogP contribution in [0.15, 0.2) is 24.3 Å². The lowest BCUT2D eigenvalue weighted by atomic mass is 9.95. The lowest BCUT2D eigenvalue weighted by molar-refractivity contribution is 0.107. The number of aromatic hydroxyl groups is 1. The van der Waals surface area contributed by atoms with E-state index in [0.29, 0.717) is 47.8 Å². The van der Waals surface area contributed by atoms with Gasteiger partial charge in [-0.3, -0.25) is 4.90 Å². The summed E-state index contributed by atoms with van der Waals surface area (Å²) in [5, 5.41) is 11.8. The molecular weight excluding hydrogens is 615 g/mol. The van der Waals surface area contributed by atoms with E-state index < -0.39 is 23.3 Å². The summed E-state index contributed by atoms with van der Waals surface area (Å²) >= 11 is 0. The fourth-order valence-electron chi connectivity index (χ4n) is 8.65. The van der Waals surface area contributed by atoms with Crippen LogP contribution in [0, 0.1) is 47.7 Å². The van der Waals surface area contributed by atoms with Crippen molar-refractivity contribution in [3.8, 4) is 47.2 Å². The number of nitrogens with zero attached hydrogens (tertiary/aromatic N) is 5. The van der Waals surface area contributed by atoms with Gasteiger partial charge >= 0.3 is 6.01 Å². The Morgan fingerprint density at radius 3 is 2.67 bits per heavy atom. The molecule has 0 radical (unpaired) electrons. The molecule has 10 heteroatoms. The topological polar surface area (TPSA) is 74.6 Å². The molecule has 4 aliphatic rings. The standard InChI is InChI=1S/C38H36F3N5O2/c1-3-5-7-30-32-35(33(41)34(42-30)28-16-26(47)15-24-10-11-29(40)27(4-2)31(24)28)43-37(44-36(32)45-18-22-8-9-23(14-22)19-45)48-21-38-12-6-13-46(38)20-25(39)17-38/h2,10-11,15-16,22-23,25,47H,3,6,8-9,12-14,17-21H2,1H3/t22?,23?,25-,38+/m1/s1. The van der Waals surface area contributed by atoms with Crippen molar-refractivity contribution in [1.82, 2.24) is 19.9 Å². The van der Waals surface area contributed by atoms with Gasteiger partial charge in [0.05, 0.1) is 16.5 Å². The number of pyridine rings is 1. The number of terminal acetylenes is 1. The lowest BCUT2D eigenvalue weighted by Gasteiger charge is -2.34. The largest absolute Gasteiger partial charge is 0.508 e. The van der Waals surface area contributed by atoms with Crippen molar-refractivity contribution in [3.63, 3.8) is 0 Å². The summed E-state index contributed by atoms with van der Waals surface area (Å²) in [7, 11) is 0. The smallest absolute Gasteiger partial charge is 0.319 e. The van der Waals surface area contributed by atoms with Crippen LogP contribution in [-0.2, 0) is 0 Å². The van der Waals surface area contributed by atoms with Crippen LogP contribution in [0.25, 0.3) is 32.9 Å². The predicted octanol–water partition coefficient (Wildman–Crippen LogP) is 6.76. The second kappa shape index (κ2) is 11.9. The third-order valence-corrected chi connectivity index (χ3v) is 10.7. The summed E-state index contributed by atoms with van der Waals surface area (Å²) in [6, 6.07) is 5.49. The minimum Gasteiger partial charge on any atom is -0.508 e. The molecule has 0 amide bonds. The van der Waals surface area contributed by atoms with Gasteiger partial charge in [0.1, 0.15) is 47.1 Å². The average molecular weight is 652 g/mol. The van der Waals surface area contributed by atoms with E-state index in [1.807, 2.05) is 6.92 Å². The number of alkyl halides is 1. The van der Waals surface area contributed by atoms with Crippen LogP contribution in [0.4, 0.5) is 19.0 Å². The average Bonchev–Trinajstić information content (AvgIpc) is 3.73. The van der Waals surface area contributed by atoms with Gasteiger partial charge in [-0.05, 0) is 80.0 Å². The summed E-state index contributed by atoms with van der Waals surface area (Å²) < 4.78 is 53.1. The van der Waals surface area contributed by atoms with E-state index in [0.717, 1.165) is 51.7 Å². The van der Waals surface area contributed by atoms with Crippen LogP contribution in [0.2, 0.25) is 0 Å². The molecule has 2 bridgehead atoms. The van der Waals surface area contributed by atoms with Gasteiger partial charge in [0.15, 0.2) is 5.82 Å². The number of benzene rings is 2. The highest BCUT2D eigenvalue weighted by Crippen LogP contribution is 2.44. The number of hydrogen-bond donors (Lipinski definition) is 1. The first-order valence-corrected chi connectivity index (χ1v) is 16.9. The van der Waals surface area contributed by atoms with E-state index >= 15 is 8.78 Å². The Balaban J connectivity index is 1.35. The number of halogens is 3. The zero-order valence-corrected chi connectivity index (χ0v) is 26.8. The Morgan fingerprint density at radius 2 is 1.90 bits per heavy atom. The number of aromatic nitrogens is 3. The van der Waals surface area contributed by atoms with E-state index in [2.05, 4.69) is 32.5 Å².